The number of thiophene rings is 1. The van der Waals surface area contributed by atoms with Gasteiger partial charge in [-0.3, -0.25) is 4.79 Å². The van der Waals surface area contributed by atoms with Gasteiger partial charge in [0.05, 0.1) is 0 Å². The third-order valence-corrected chi connectivity index (χ3v) is 3.23. The Morgan fingerprint density at radius 2 is 2.06 bits per heavy atom. The van der Waals surface area contributed by atoms with Gasteiger partial charge < -0.3 is 4.90 Å². The molecule has 0 saturated heterocycles. The molecule has 2 aromatic rings. The average molecular weight is 231 g/mol. The van der Waals surface area contributed by atoms with Gasteiger partial charge in [-0.25, -0.2) is 0 Å². The molecule has 82 valence electrons. The zero-order valence-electron chi connectivity index (χ0n) is 9.31. The number of hydrogen-bond acceptors (Lipinski definition) is 3. The van der Waals surface area contributed by atoms with Crippen LogP contribution in [0.5, 0.6) is 0 Å². The van der Waals surface area contributed by atoms with E-state index in [2.05, 4.69) is 0 Å². The lowest BCUT2D eigenvalue weighted by Crippen LogP contribution is -2.02. The summed E-state index contributed by atoms with van der Waals surface area (Å²) in [5, 5.41) is 2.97. The smallest absolute Gasteiger partial charge is 0.188 e. The Kier molecular flexibility index (Phi) is 3.06. The molecule has 0 aliphatic rings. The summed E-state index contributed by atoms with van der Waals surface area (Å²) in [6.07, 6.45) is 3.38. The van der Waals surface area contributed by atoms with E-state index in [-0.39, 0.29) is 5.78 Å². The molecule has 0 atom stereocenters. The Labute approximate surface area is 98.8 Å². The van der Waals surface area contributed by atoms with Crippen LogP contribution in [0, 0.1) is 0 Å². The van der Waals surface area contributed by atoms with Crippen LogP contribution >= 0.6 is 11.3 Å². The van der Waals surface area contributed by atoms with Crippen molar-refractivity contribution in [2.75, 3.05) is 14.1 Å². The molecule has 0 amide bonds. The molecule has 0 saturated carbocycles. The molecular formula is C13H13NOS. The molecule has 0 N–H and O–H groups in total. The first-order chi connectivity index (χ1) is 7.68. The van der Waals surface area contributed by atoms with E-state index in [1.54, 1.807) is 23.6 Å². The van der Waals surface area contributed by atoms with Crippen molar-refractivity contribution in [3.05, 3.63) is 47.5 Å². The first-order valence-corrected chi connectivity index (χ1v) is 5.91. The van der Waals surface area contributed by atoms with Gasteiger partial charge in [-0.15, -0.1) is 11.3 Å². The second kappa shape index (κ2) is 4.49. The van der Waals surface area contributed by atoms with Gasteiger partial charge in [0, 0.05) is 47.4 Å². The maximum absolute atomic E-state index is 11.9. The van der Waals surface area contributed by atoms with E-state index in [4.69, 9.17) is 0 Å². The van der Waals surface area contributed by atoms with Crippen LogP contribution in [0.1, 0.15) is 10.4 Å². The SMILES string of the molecule is CN(C)C=CC(=O)c1csc2ccccc12. The summed E-state index contributed by atoms with van der Waals surface area (Å²) in [6, 6.07) is 7.97. The number of rotatable bonds is 3. The second-order valence-corrected chi connectivity index (χ2v) is 4.70. The van der Waals surface area contributed by atoms with E-state index < -0.39 is 0 Å². The van der Waals surface area contributed by atoms with Crippen LogP contribution in [0.25, 0.3) is 10.1 Å². The van der Waals surface area contributed by atoms with Gasteiger partial charge in [0.15, 0.2) is 5.78 Å². The minimum absolute atomic E-state index is 0.0613. The number of allylic oxidation sites excluding steroid dienone is 1. The van der Waals surface area contributed by atoms with E-state index >= 15 is 0 Å². The zero-order valence-corrected chi connectivity index (χ0v) is 10.1. The van der Waals surface area contributed by atoms with Gasteiger partial charge in [-0.05, 0) is 6.07 Å². The van der Waals surface area contributed by atoms with Crippen LogP contribution in [-0.4, -0.2) is 24.8 Å². The van der Waals surface area contributed by atoms with E-state index in [0.717, 1.165) is 15.6 Å². The molecule has 1 heterocycles. The van der Waals surface area contributed by atoms with Crippen LogP contribution in [-0.2, 0) is 0 Å². The number of benzene rings is 1. The normalized spacial score (nSPS) is 11.1. The summed E-state index contributed by atoms with van der Waals surface area (Å²) in [4.78, 5) is 13.8. The van der Waals surface area contributed by atoms with Crippen molar-refractivity contribution < 1.29 is 4.79 Å². The van der Waals surface area contributed by atoms with Gasteiger partial charge in [-0.2, -0.15) is 0 Å². The van der Waals surface area contributed by atoms with E-state index in [9.17, 15) is 4.79 Å². The zero-order chi connectivity index (χ0) is 11.5. The molecule has 0 spiro atoms. The molecule has 2 rings (SSSR count). The van der Waals surface area contributed by atoms with Gasteiger partial charge >= 0.3 is 0 Å². The minimum atomic E-state index is 0.0613. The molecule has 0 unspecified atom stereocenters. The Balaban J connectivity index is 2.37. The molecule has 0 bridgehead atoms. The predicted octanol–water partition coefficient (Wildman–Crippen LogP) is 3.16. The predicted molar refractivity (Wildman–Crippen MR) is 69.0 cm³/mol. The Morgan fingerprint density at radius 1 is 1.31 bits per heavy atom. The van der Waals surface area contributed by atoms with Gasteiger partial charge in [-0.1, -0.05) is 18.2 Å². The minimum Gasteiger partial charge on any atom is -0.383 e. The van der Waals surface area contributed by atoms with Crippen LogP contribution in [0.15, 0.2) is 41.9 Å². The molecule has 0 aliphatic carbocycles. The first kappa shape index (κ1) is 10.9. The lowest BCUT2D eigenvalue weighted by molar-refractivity contribution is 0.104. The summed E-state index contributed by atoms with van der Waals surface area (Å²) in [5.74, 6) is 0.0613. The molecule has 16 heavy (non-hydrogen) atoms. The third-order valence-electron chi connectivity index (χ3n) is 2.27. The van der Waals surface area contributed by atoms with Crippen LogP contribution < -0.4 is 0 Å². The molecule has 0 radical (unpaired) electrons. The number of carbonyl (C=O) groups excluding carboxylic acids is 1. The molecule has 2 nitrogen and oxygen atoms in total. The first-order valence-electron chi connectivity index (χ1n) is 5.03. The number of carbonyl (C=O) groups is 1. The summed E-state index contributed by atoms with van der Waals surface area (Å²) in [6.45, 7) is 0. The average Bonchev–Trinajstić information content (AvgIpc) is 2.69. The highest BCUT2D eigenvalue weighted by Crippen LogP contribution is 2.26. The molecule has 3 heteroatoms. The quantitative estimate of drug-likeness (QED) is 0.597. The summed E-state index contributed by atoms with van der Waals surface area (Å²) < 4.78 is 1.16. The van der Waals surface area contributed by atoms with E-state index in [0.29, 0.717) is 0 Å². The lowest BCUT2D eigenvalue weighted by Gasteiger charge is -2.02. The van der Waals surface area contributed by atoms with Crippen molar-refractivity contribution in [2.24, 2.45) is 0 Å². The highest BCUT2D eigenvalue weighted by Gasteiger charge is 2.08. The topological polar surface area (TPSA) is 20.3 Å². The standard InChI is InChI=1S/C13H13NOS/c1-14(2)8-7-12(15)11-9-16-13-6-4-3-5-10(11)13/h3-9H,1-2H3. The van der Waals surface area contributed by atoms with Crippen molar-refractivity contribution in [3.8, 4) is 0 Å². The van der Waals surface area contributed by atoms with E-state index in [1.165, 1.54) is 0 Å². The van der Waals surface area contributed by atoms with Crippen molar-refractivity contribution in [3.63, 3.8) is 0 Å². The summed E-state index contributed by atoms with van der Waals surface area (Å²) in [5.41, 5.74) is 0.790. The Morgan fingerprint density at radius 3 is 2.81 bits per heavy atom. The Hall–Kier alpha value is -1.61. The molecular weight excluding hydrogens is 218 g/mol. The van der Waals surface area contributed by atoms with Crippen molar-refractivity contribution in [2.45, 2.75) is 0 Å². The second-order valence-electron chi connectivity index (χ2n) is 3.79. The van der Waals surface area contributed by atoms with Gasteiger partial charge in [0.1, 0.15) is 0 Å². The largest absolute Gasteiger partial charge is 0.383 e. The molecule has 1 aromatic carbocycles. The number of fused-ring (bicyclic) bond motifs is 1. The number of ketones is 1. The number of nitrogens with zero attached hydrogens (tertiary/aromatic N) is 1. The highest BCUT2D eigenvalue weighted by molar-refractivity contribution is 7.17. The molecule has 1 aromatic heterocycles. The Bertz CT molecular complexity index is 540. The number of hydrogen-bond donors (Lipinski definition) is 0. The van der Waals surface area contributed by atoms with E-state index in [1.807, 2.05) is 48.6 Å². The summed E-state index contributed by atoms with van der Waals surface area (Å²) in [7, 11) is 3.80. The van der Waals surface area contributed by atoms with Crippen molar-refractivity contribution >= 4 is 27.2 Å². The van der Waals surface area contributed by atoms with Gasteiger partial charge in [0.2, 0.25) is 0 Å². The fraction of sp³-hybridized carbons (Fsp3) is 0.154. The summed E-state index contributed by atoms with van der Waals surface area (Å²) >= 11 is 1.61. The van der Waals surface area contributed by atoms with Crippen LogP contribution in [0.4, 0.5) is 0 Å². The van der Waals surface area contributed by atoms with Crippen molar-refractivity contribution in [1.29, 1.82) is 0 Å². The highest BCUT2D eigenvalue weighted by atomic mass is 32.1. The third kappa shape index (κ3) is 2.14. The maximum atomic E-state index is 11.9. The van der Waals surface area contributed by atoms with Crippen LogP contribution in [0.3, 0.4) is 0 Å². The molecule has 0 fully saturated rings. The maximum Gasteiger partial charge on any atom is 0.188 e. The van der Waals surface area contributed by atoms with Crippen molar-refractivity contribution in [1.82, 2.24) is 4.90 Å². The fourth-order valence-electron chi connectivity index (χ4n) is 1.48. The monoisotopic (exact) mass is 231 g/mol. The lowest BCUT2D eigenvalue weighted by atomic mass is 10.1. The van der Waals surface area contributed by atoms with Gasteiger partial charge in [0.25, 0.3) is 0 Å². The van der Waals surface area contributed by atoms with Crippen LogP contribution in [0.2, 0.25) is 0 Å². The molecule has 0 aliphatic heterocycles. The fourth-order valence-corrected chi connectivity index (χ4v) is 2.43.